The monoisotopic (exact) mass is 212 g/mol. The first kappa shape index (κ1) is 11.2. The summed E-state index contributed by atoms with van der Waals surface area (Å²) in [7, 11) is 1.94. The molecule has 0 aliphatic carbocycles. The largest absolute Gasteiger partial charge is 0.350 e. The molecule has 0 fully saturated rings. The van der Waals surface area contributed by atoms with Crippen molar-refractivity contribution in [1.82, 2.24) is 10.2 Å². The predicted octanol–water partition coefficient (Wildman–Crippen LogP) is 1.32. The Hall–Kier alpha value is -0.870. The molecular formula is C10H16N2OS. The molecule has 14 heavy (non-hydrogen) atoms. The van der Waals surface area contributed by atoms with Crippen LogP contribution in [0.25, 0.3) is 0 Å². The van der Waals surface area contributed by atoms with Gasteiger partial charge in [0.1, 0.15) is 0 Å². The minimum atomic E-state index is 0.0859. The van der Waals surface area contributed by atoms with Crippen LogP contribution in [0.2, 0.25) is 0 Å². The van der Waals surface area contributed by atoms with Gasteiger partial charge in [-0.05, 0) is 25.0 Å². The molecule has 0 bridgehead atoms. The minimum Gasteiger partial charge on any atom is -0.350 e. The molecule has 1 N–H and O–H groups in total. The summed E-state index contributed by atoms with van der Waals surface area (Å²) in [5, 5.41) is 4.89. The number of carbonyl (C=O) groups excluding carboxylic acids is 1. The Labute approximate surface area is 88.7 Å². The highest BCUT2D eigenvalue weighted by Crippen LogP contribution is 2.06. The van der Waals surface area contributed by atoms with Crippen LogP contribution in [0, 0.1) is 0 Å². The molecule has 0 radical (unpaired) electrons. The van der Waals surface area contributed by atoms with E-state index in [9.17, 15) is 4.79 Å². The number of hydrogen-bond acceptors (Lipinski definition) is 3. The van der Waals surface area contributed by atoms with Gasteiger partial charge in [-0.3, -0.25) is 9.69 Å². The molecule has 0 atom stereocenters. The van der Waals surface area contributed by atoms with Crippen LogP contribution in [0.3, 0.4) is 0 Å². The average molecular weight is 212 g/mol. The number of rotatable bonds is 5. The summed E-state index contributed by atoms with van der Waals surface area (Å²) >= 11 is 1.66. The number of nitrogens with zero attached hydrogens (tertiary/aromatic N) is 1. The fourth-order valence-electron chi connectivity index (χ4n) is 1.01. The molecule has 1 heterocycles. The van der Waals surface area contributed by atoms with E-state index in [2.05, 4.69) is 5.32 Å². The van der Waals surface area contributed by atoms with E-state index in [4.69, 9.17) is 0 Å². The van der Waals surface area contributed by atoms with E-state index in [0.29, 0.717) is 13.1 Å². The SMILES string of the molecule is CCN(C)CC(=O)NCc1cccs1. The van der Waals surface area contributed by atoms with Gasteiger partial charge in [0.25, 0.3) is 0 Å². The lowest BCUT2D eigenvalue weighted by atomic mass is 10.4. The lowest BCUT2D eigenvalue weighted by Crippen LogP contribution is -2.34. The van der Waals surface area contributed by atoms with Gasteiger partial charge in [0.05, 0.1) is 13.1 Å². The maximum atomic E-state index is 11.4. The summed E-state index contributed by atoms with van der Waals surface area (Å²) in [6, 6.07) is 4.01. The molecule has 0 saturated heterocycles. The van der Waals surface area contributed by atoms with Crippen LogP contribution in [0.15, 0.2) is 17.5 Å². The molecule has 1 aromatic heterocycles. The zero-order valence-corrected chi connectivity index (χ0v) is 9.43. The van der Waals surface area contributed by atoms with Gasteiger partial charge in [-0.25, -0.2) is 0 Å². The summed E-state index contributed by atoms with van der Waals surface area (Å²) in [6.45, 7) is 4.05. The number of thiophene rings is 1. The molecule has 0 spiro atoms. The van der Waals surface area contributed by atoms with Crippen molar-refractivity contribution in [2.45, 2.75) is 13.5 Å². The number of carbonyl (C=O) groups is 1. The summed E-state index contributed by atoms with van der Waals surface area (Å²) in [6.07, 6.45) is 0. The van der Waals surface area contributed by atoms with Gasteiger partial charge in [-0.15, -0.1) is 11.3 Å². The van der Waals surface area contributed by atoms with E-state index in [1.807, 2.05) is 36.4 Å². The predicted molar refractivity (Wildman–Crippen MR) is 59.3 cm³/mol. The minimum absolute atomic E-state index is 0.0859. The van der Waals surface area contributed by atoms with Gasteiger partial charge in [-0.1, -0.05) is 13.0 Å². The molecule has 3 nitrogen and oxygen atoms in total. The Morgan fingerprint density at radius 2 is 2.43 bits per heavy atom. The standard InChI is InChI=1S/C10H16N2OS/c1-3-12(2)8-10(13)11-7-9-5-4-6-14-9/h4-6H,3,7-8H2,1-2H3,(H,11,13). The van der Waals surface area contributed by atoms with Crippen molar-refractivity contribution < 1.29 is 4.79 Å². The molecule has 1 aromatic rings. The lowest BCUT2D eigenvalue weighted by Gasteiger charge is -2.12. The Bertz CT molecular complexity index is 272. The van der Waals surface area contributed by atoms with Crippen molar-refractivity contribution >= 4 is 17.2 Å². The normalized spacial score (nSPS) is 10.5. The van der Waals surface area contributed by atoms with Crippen LogP contribution < -0.4 is 5.32 Å². The maximum absolute atomic E-state index is 11.4. The van der Waals surface area contributed by atoms with Crippen LogP contribution >= 0.6 is 11.3 Å². The Kier molecular flexibility index (Phi) is 4.62. The fraction of sp³-hybridized carbons (Fsp3) is 0.500. The second kappa shape index (κ2) is 5.78. The van der Waals surface area contributed by atoms with Gasteiger partial charge in [-0.2, -0.15) is 0 Å². The third-order valence-corrected chi connectivity index (χ3v) is 2.87. The van der Waals surface area contributed by atoms with Gasteiger partial charge in [0, 0.05) is 4.88 Å². The summed E-state index contributed by atoms with van der Waals surface area (Å²) in [5.41, 5.74) is 0. The van der Waals surface area contributed by atoms with Crippen LogP contribution in [0.4, 0.5) is 0 Å². The molecule has 0 aliphatic rings. The van der Waals surface area contributed by atoms with E-state index in [-0.39, 0.29) is 5.91 Å². The van der Waals surface area contributed by atoms with Crippen molar-refractivity contribution in [3.8, 4) is 0 Å². The highest BCUT2D eigenvalue weighted by molar-refractivity contribution is 7.09. The van der Waals surface area contributed by atoms with Crippen molar-refractivity contribution in [3.05, 3.63) is 22.4 Å². The number of amides is 1. The Morgan fingerprint density at radius 3 is 3.00 bits per heavy atom. The molecule has 1 rings (SSSR count). The van der Waals surface area contributed by atoms with E-state index < -0.39 is 0 Å². The maximum Gasteiger partial charge on any atom is 0.234 e. The molecular weight excluding hydrogens is 196 g/mol. The third-order valence-electron chi connectivity index (χ3n) is 1.99. The average Bonchev–Trinajstić information content (AvgIpc) is 2.67. The molecule has 1 amide bonds. The topological polar surface area (TPSA) is 32.3 Å². The molecule has 0 aromatic carbocycles. The quantitative estimate of drug-likeness (QED) is 0.798. The molecule has 0 aliphatic heterocycles. The van der Waals surface area contributed by atoms with Gasteiger partial charge in [0.2, 0.25) is 5.91 Å². The van der Waals surface area contributed by atoms with E-state index >= 15 is 0 Å². The molecule has 4 heteroatoms. The second-order valence-corrected chi connectivity index (χ2v) is 4.22. The molecule has 0 saturated carbocycles. The Morgan fingerprint density at radius 1 is 1.64 bits per heavy atom. The van der Waals surface area contributed by atoms with Crippen molar-refractivity contribution in [2.24, 2.45) is 0 Å². The highest BCUT2D eigenvalue weighted by atomic mass is 32.1. The van der Waals surface area contributed by atoms with Crippen LogP contribution in [0.5, 0.6) is 0 Å². The van der Waals surface area contributed by atoms with E-state index in [1.54, 1.807) is 11.3 Å². The van der Waals surface area contributed by atoms with Crippen LogP contribution in [-0.2, 0) is 11.3 Å². The molecule has 78 valence electrons. The highest BCUT2D eigenvalue weighted by Gasteiger charge is 2.04. The van der Waals surface area contributed by atoms with Crippen LogP contribution in [-0.4, -0.2) is 30.9 Å². The first-order valence-corrected chi connectivity index (χ1v) is 5.58. The molecule has 0 unspecified atom stereocenters. The zero-order valence-electron chi connectivity index (χ0n) is 8.62. The number of hydrogen-bond donors (Lipinski definition) is 1. The van der Waals surface area contributed by atoms with Gasteiger partial charge < -0.3 is 5.32 Å². The summed E-state index contributed by atoms with van der Waals surface area (Å²) in [4.78, 5) is 14.5. The smallest absolute Gasteiger partial charge is 0.234 e. The second-order valence-electron chi connectivity index (χ2n) is 3.19. The summed E-state index contributed by atoms with van der Waals surface area (Å²) in [5.74, 6) is 0.0859. The van der Waals surface area contributed by atoms with Crippen LogP contribution in [0.1, 0.15) is 11.8 Å². The zero-order chi connectivity index (χ0) is 10.4. The van der Waals surface area contributed by atoms with Gasteiger partial charge in [0.15, 0.2) is 0 Å². The summed E-state index contributed by atoms with van der Waals surface area (Å²) < 4.78 is 0. The first-order valence-electron chi connectivity index (χ1n) is 4.70. The first-order chi connectivity index (χ1) is 6.72. The number of likely N-dealkylation sites (N-methyl/N-ethyl adjacent to an activating group) is 1. The van der Waals surface area contributed by atoms with E-state index in [0.717, 1.165) is 6.54 Å². The third kappa shape index (κ3) is 3.89. The van der Waals surface area contributed by atoms with Gasteiger partial charge >= 0.3 is 0 Å². The lowest BCUT2D eigenvalue weighted by molar-refractivity contribution is -0.122. The van der Waals surface area contributed by atoms with Crippen molar-refractivity contribution in [1.29, 1.82) is 0 Å². The Balaban J connectivity index is 2.22. The van der Waals surface area contributed by atoms with E-state index in [1.165, 1.54) is 4.88 Å². The van der Waals surface area contributed by atoms with Crippen molar-refractivity contribution in [2.75, 3.05) is 20.1 Å². The van der Waals surface area contributed by atoms with Crippen molar-refractivity contribution in [3.63, 3.8) is 0 Å². The fourth-order valence-corrected chi connectivity index (χ4v) is 1.66. The number of nitrogens with one attached hydrogen (secondary N) is 1.